The van der Waals surface area contributed by atoms with Crippen LogP contribution in [-0.4, -0.2) is 24.4 Å². The van der Waals surface area contributed by atoms with Crippen molar-refractivity contribution >= 4 is 5.91 Å². The predicted molar refractivity (Wildman–Crippen MR) is 58.2 cm³/mol. The molecule has 0 radical (unpaired) electrons. The van der Waals surface area contributed by atoms with Crippen molar-refractivity contribution in [2.75, 3.05) is 13.6 Å². The van der Waals surface area contributed by atoms with E-state index in [0.717, 1.165) is 18.9 Å². The summed E-state index contributed by atoms with van der Waals surface area (Å²) in [5.41, 5.74) is -0.210. The Morgan fingerprint density at radius 3 is 2.69 bits per heavy atom. The van der Waals surface area contributed by atoms with E-state index in [1.54, 1.807) is 7.05 Å². The molecule has 0 bridgehead atoms. The molecule has 0 heterocycles. The van der Waals surface area contributed by atoms with E-state index in [1.807, 2.05) is 6.92 Å². The van der Waals surface area contributed by atoms with Gasteiger partial charge in [0.1, 0.15) is 0 Å². The molecule has 0 atom stereocenters. The number of halogens is 2. The molecule has 0 N–H and O–H groups in total. The standard InChI is InChI=1S/C12H15F2NO/c1-3-4-8-15(2)12(16)9-6-5-7-10(13)11(9)14/h5-7H,3-4,8H2,1-2H3. The summed E-state index contributed by atoms with van der Waals surface area (Å²) in [6.07, 6.45) is 1.79. The Morgan fingerprint density at radius 1 is 1.38 bits per heavy atom. The Kier molecular flexibility index (Phi) is 4.40. The van der Waals surface area contributed by atoms with Gasteiger partial charge in [-0.25, -0.2) is 8.78 Å². The molecule has 0 fully saturated rings. The quantitative estimate of drug-likeness (QED) is 0.774. The van der Waals surface area contributed by atoms with Gasteiger partial charge >= 0.3 is 0 Å². The van der Waals surface area contributed by atoms with Gasteiger partial charge in [-0.1, -0.05) is 19.4 Å². The van der Waals surface area contributed by atoms with Crippen molar-refractivity contribution in [1.29, 1.82) is 0 Å². The fourth-order valence-electron chi connectivity index (χ4n) is 1.37. The third kappa shape index (κ3) is 2.78. The number of hydrogen-bond acceptors (Lipinski definition) is 1. The second-order valence-electron chi connectivity index (χ2n) is 3.68. The largest absolute Gasteiger partial charge is 0.342 e. The zero-order chi connectivity index (χ0) is 12.1. The van der Waals surface area contributed by atoms with Gasteiger partial charge in [0.2, 0.25) is 0 Å². The second-order valence-corrected chi connectivity index (χ2v) is 3.68. The van der Waals surface area contributed by atoms with E-state index in [1.165, 1.54) is 17.0 Å². The van der Waals surface area contributed by atoms with Gasteiger partial charge in [-0.3, -0.25) is 4.79 Å². The fourth-order valence-corrected chi connectivity index (χ4v) is 1.37. The minimum Gasteiger partial charge on any atom is -0.342 e. The molecule has 0 saturated carbocycles. The summed E-state index contributed by atoms with van der Waals surface area (Å²) in [6.45, 7) is 2.55. The molecule has 0 spiro atoms. The highest BCUT2D eigenvalue weighted by atomic mass is 19.2. The second kappa shape index (κ2) is 5.58. The molecule has 88 valence electrons. The smallest absolute Gasteiger partial charge is 0.256 e. The number of hydrogen-bond donors (Lipinski definition) is 0. The lowest BCUT2D eigenvalue weighted by Crippen LogP contribution is -2.28. The van der Waals surface area contributed by atoms with Crippen LogP contribution in [0.15, 0.2) is 18.2 Å². The van der Waals surface area contributed by atoms with Gasteiger partial charge in [-0.15, -0.1) is 0 Å². The lowest BCUT2D eigenvalue weighted by atomic mass is 10.1. The molecule has 16 heavy (non-hydrogen) atoms. The monoisotopic (exact) mass is 227 g/mol. The summed E-state index contributed by atoms with van der Waals surface area (Å²) in [7, 11) is 1.59. The summed E-state index contributed by atoms with van der Waals surface area (Å²) in [5.74, 6) is -2.55. The van der Waals surface area contributed by atoms with Gasteiger partial charge in [0.05, 0.1) is 5.56 Å². The fraction of sp³-hybridized carbons (Fsp3) is 0.417. The third-order valence-corrected chi connectivity index (χ3v) is 2.38. The summed E-state index contributed by atoms with van der Waals surface area (Å²) >= 11 is 0. The Hall–Kier alpha value is -1.45. The van der Waals surface area contributed by atoms with Gasteiger partial charge in [-0.2, -0.15) is 0 Å². The van der Waals surface area contributed by atoms with Crippen LogP contribution in [0, 0.1) is 11.6 Å². The molecule has 1 amide bonds. The average molecular weight is 227 g/mol. The predicted octanol–water partition coefficient (Wildman–Crippen LogP) is 2.84. The highest BCUT2D eigenvalue weighted by Gasteiger charge is 2.17. The summed E-state index contributed by atoms with van der Waals surface area (Å²) in [4.78, 5) is 13.1. The van der Waals surface area contributed by atoms with Crippen LogP contribution in [0.25, 0.3) is 0 Å². The Morgan fingerprint density at radius 2 is 2.06 bits per heavy atom. The Balaban J connectivity index is 2.84. The maximum atomic E-state index is 13.3. The maximum absolute atomic E-state index is 13.3. The van der Waals surface area contributed by atoms with Crippen LogP contribution in [0.5, 0.6) is 0 Å². The third-order valence-electron chi connectivity index (χ3n) is 2.38. The van der Waals surface area contributed by atoms with Crippen molar-refractivity contribution < 1.29 is 13.6 Å². The van der Waals surface area contributed by atoms with Crippen LogP contribution in [0.4, 0.5) is 8.78 Å². The number of carbonyl (C=O) groups is 1. The minimum atomic E-state index is -1.07. The Bertz CT molecular complexity index is 379. The average Bonchev–Trinajstić information content (AvgIpc) is 2.28. The van der Waals surface area contributed by atoms with Gasteiger partial charge in [0.25, 0.3) is 5.91 Å². The molecule has 0 aliphatic rings. The molecule has 0 aliphatic carbocycles. The van der Waals surface area contributed by atoms with E-state index in [0.29, 0.717) is 6.54 Å². The first-order valence-electron chi connectivity index (χ1n) is 5.27. The molecule has 4 heteroatoms. The van der Waals surface area contributed by atoms with Crippen LogP contribution in [-0.2, 0) is 0 Å². The zero-order valence-corrected chi connectivity index (χ0v) is 9.46. The molecule has 2 nitrogen and oxygen atoms in total. The first-order valence-corrected chi connectivity index (χ1v) is 5.27. The molecule has 1 rings (SSSR count). The van der Waals surface area contributed by atoms with Crippen molar-refractivity contribution in [2.45, 2.75) is 19.8 Å². The van der Waals surface area contributed by atoms with Crippen molar-refractivity contribution in [2.24, 2.45) is 0 Å². The number of rotatable bonds is 4. The molecule has 0 saturated heterocycles. The van der Waals surface area contributed by atoms with Crippen molar-refractivity contribution in [3.8, 4) is 0 Å². The molecule has 1 aromatic rings. The minimum absolute atomic E-state index is 0.210. The maximum Gasteiger partial charge on any atom is 0.256 e. The lowest BCUT2D eigenvalue weighted by molar-refractivity contribution is 0.0787. The lowest BCUT2D eigenvalue weighted by Gasteiger charge is -2.17. The molecular weight excluding hydrogens is 212 g/mol. The number of nitrogens with zero attached hydrogens (tertiary/aromatic N) is 1. The number of benzene rings is 1. The van der Waals surface area contributed by atoms with Crippen LogP contribution < -0.4 is 0 Å². The summed E-state index contributed by atoms with van der Waals surface area (Å²) < 4.78 is 26.2. The molecule has 1 aromatic carbocycles. The van der Waals surface area contributed by atoms with E-state index in [4.69, 9.17) is 0 Å². The van der Waals surface area contributed by atoms with Gasteiger partial charge < -0.3 is 4.90 Å². The molecule has 0 aromatic heterocycles. The number of unbranched alkanes of at least 4 members (excludes halogenated alkanes) is 1. The van der Waals surface area contributed by atoms with Crippen LogP contribution in [0.2, 0.25) is 0 Å². The first-order chi connectivity index (χ1) is 7.57. The van der Waals surface area contributed by atoms with Crippen molar-refractivity contribution in [3.05, 3.63) is 35.4 Å². The van der Waals surface area contributed by atoms with Crippen molar-refractivity contribution in [1.82, 2.24) is 4.90 Å². The zero-order valence-electron chi connectivity index (χ0n) is 9.46. The van der Waals surface area contributed by atoms with E-state index in [2.05, 4.69) is 0 Å². The van der Waals surface area contributed by atoms with E-state index < -0.39 is 17.5 Å². The SMILES string of the molecule is CCCCN(C)C(=O)c1cccc(F)c1F. The highest BCUT2D eigenvalue weighted by molar-refractivity contribution is 5.94. The summed E-state index contributed by atoms with van der Waals surface area (Å²) in [5, 5.41) is 0. The molecular formula is C12H15F2NO. The van der Waals surface area contributed by atoms with Crippen LogP contribution in [0.1, 0.15) is 30.1 Å². The number of amides is 1. The normalized spacial score (nSPS) is 10.2. The van der Waals surface area contributed by atoms with Gasteiger partial charge in [-0.05, 0) is 18.6 Å². The molecule has 0 unspecified atom stereocenters. The summed E-state index contributed by atoms with van der Waals surface area (Å²) in [6, 6.07) is 3.63. The van der Waals surface area contributed by atoms with E-state index in [-0.39, 0.29) is 5.56 Å². The Labute approximate surface area is 93.9 Å². The van der Waals surface area contributed by atoms with Gasteiger partial charge in [0, 0.05) is 13.6 Å². The van der Waals surface area contributed by atoms with Crippen LogP contribution >= 0.6 is 0 Å². The number of carbonyl (C=O) groups excluding carboxylic acids is 1. The van der Waals surface area contributed by atoms with Crippen molar-refractivity contribution in [3.63, 3.8) is 0 Å². The van der Waals surface area contributed by atoms with Crippen LogP contribution in [0.3, 0.4) is 0 Å². The topological polar surface area (TPSA) is 20.3 Å². The van der Waals surface area contributed by atoms with Gasteiger partial charge in [0.15, 0.2) is 11.6 Å². The van der Waals surface area contributed by atoms with E-state index >= 15 is 0 Å². The highest BCUT2D eigenvalue weighted by Crippen LogP contribution is 2.13. The first kappa shape index (κ1) is 12.6. The van der Waals surface area contributed by atoms with E-state index in [9.17, 15) is 13.6 Å². The molecule has 0 aliphatic heterocycles.